The molecule has 10 nitrogen and oxygen atoms in total. The van der Waals surface area contributed by atoms with E-state index in [-0.39, 0.29) is 31.8 Å². The molecule has 48 heavy (non-hydrogen) atoms. The summed E-state index contributed by atoms with van der Waals surface area (Å²) in [5.74, 6) is 1.04. The summed E-state index contributed by atoms with van der Waals surface area (Å²) in [6, 6.07) is 10.6. The Kier molecular flexibility index (Phi) is 18.1. The maximum absolute atomic E-state index is 12.6. The summed E-state index contributed by atoms with van der Waals surface area (Å²) in [7, 11) is 7.12. The number of unbranched alkanes of at least 4 members (excludes halogenated alkanes) is 2. The summed E-state index contributed by atoms with van der Waals surface area (Å²) >= 11 is 0. The van der Waals surface area contributed by atoms with Gasteiger partial charge in [0.1, 0.15) is 36.3 Å². The highest BCUT2D eigenvalue weighted by Gasteiger charge is 2.30. The van der Waals surface area contributed by atoms with Crippen molar-refractivity contribution in [3.8, 4) is 11.5 Å². The number of nitrogens with zero attached hydrogens (tertiary/aromatic N) is 4. The van der Waals surface area contributed by atoms with Crippen LogP contribution in [0.4, 0.5) is 0 Å². The van der Waals surface area contributed by atoms with Gasteiger partial charge in [0.2, 0.25) is 24.7 Å². The number of aryl methyl sites for hydroxylation is 4. The number of halogens is 1. The number of hydrogen-bond acceptors (Lipinski definition) is 6. The molecule has 0 aliphatic rings. The first-order valence-corrected chi connectivity index (χ1v) is 15.8. The normalized spacial score (nSPS) is 11.5. The van der Waals surface area contributed by atoms with Crippen LogP contribution in [-0.2, 0) is 33.2 Å². The smallest absolute Gasteiger partial charge is 0.356 e. The molecule has 11 heteroatoms. The predicted molar refractivity (Wildman–Crippen MR) is 181 cm³/mol. The van der Waals surface area contributed by atoms with Crippen LogP contribution in [0.1, 0.15) is 81.3 Å². The molecule has 2 unspecified atom stereocenters. The van der Waals surface area contributed by atoms with Crippen molar-refractivity contribution in [1.29, 1.82) is 0 Å². The van der Waals surface area contributed by atoms with Crippen molar-refractivity contribution in [2.24, 2.45) is 14.1 Å². The highest BCUT2D eigenvalue weighted by molar-refractivity contribution is 5.79. The van der Waals surface area contributed by atoms with Crippen LogP contribution in [0.25, 0.3) is 0 Å². The molecule has 2 atom stereocenters. The maximum Gasteiger partial charge on any atom is 0.356 e. The second-order valence-corrected chi connectivity index (χ2v) is 11.4. The van der Waals surface area contributed by atoms with Crippen LogP contribution in [-0.4, -0.2) is 48.5 Å². The largest absolute Gasteiger partial charge is 1.00 e. The van der Waals surface area contributed by atoms with Gasteiger partial charge in [-0.3, -0.25) is 0 Å². The maximum atomic E-state index is 12.6. The van der Waals surface area contributed by atoms with Gasteiger partial charge < -0.3 is 31.4 Å². The van der Waals surface area contributed by atoms with E-state index in [1.165, 1.54) is 0 Å². The van der Waals surface area contributed by atoms with Gasteiger partial charge in [-0.1, -0.05) is 58.4 Å². The van der Waals surface area contributed by atoms with Crippen molar-refractivity contribution in [2.75, 3.05) is 27.4 Å². The predicted octanol–water partition coefficient (Wildman–Crippen LogP) is 2.76. The fourth-order valence-corrected chi connectivity index (χ4v) is 4.91. The molecule has 0 radical (unpaired) electrons. The zero-order valence-electron chi connectivity index (χ0n) is 28.9. The van der Waals surface area contributed by atoms with Crippen molar-refractivity contribution < 1.29 is 50.1 Å². The molecule has 0 aliphatic carbocycles. The molecule has 0 saturated heterocycles. The monoisotopic (exact) mass is 685 g/mol. The number of benzene rings is 2. The van der Waals surface area contributed by atoms with E-state index in [9.17, 15) is 9.59 Å². The molecular weight excluding hydrogens is 632 g/mol. The van der Waals surface area contributed by atoms with Crippen LogP contribution in [0.5, 0.6) is 11.5 Å². The third kappa shape index (κ3) is 11.4. The molecule has 0 spiro atoms. The summed E-state index contributed by atoms with van der Waals surface area (Å²) in [4.78, 5) is 25.2. The minimum atomic E-state index is -0.512. The van der Waals surface area contributed by atoms with Crippen molar-refractivity contribution in [3.05, 3.63) is 96.1 Å². The first kappa shape index (κ1) is 41.7. The number of methoxy groups -OCH3 is 2. The van der Waals surface area contributed by atoms with E-state index >= 15 is 0 Å². The standard InChI is InChI=1S/2C18H25N2O3.CH4.ClH/c2*1-5-6-11-23-18(21)17(20-10-9-19(3)13-20)15-8-7-14(2)16(12-15)22-4;;/h2*7-10,12-13,17H,5-6,11H2,1-4H3;1H4;1H/q2*+1;;/p-1. The van der Waals surface area contributed by atoms with E-state index in [2.05, 4.69) is 13.8 Å². The summed E-state index contributed by atoms with van der Waals surface area (Å²) < 4.78 is 29.2. The lowest BCUT2D eigenvalue weighted by Gasteiger charge is -2.15. The molecule has 0 bridgehead atoms. The number of ether oxygens (including phenoxy) is 4. The number of esters is 2. The average molecular weight is 686 g/mol. The van der Waals surface area contributed by atoms with E-state index in [1.807, 2.05) is 120 Å². The Morgan fingerprint density at radius 1 is 0.708 bits per heavy atom. The molecule has 0 N–H and O–H groups in total. The Bertz CT molecular complexity index is 1450. The van der Waals surface area contributed by atoms with Crippen molar-refractivity contribution in [2.45, 2.75) is 72.9 Å². The van der Waals surface area contributed by atoms with Gasteiger partial charge in [0.05, 0.1) is 41.5 Å². The van der Waals surface area contributed by atoms with Gasteiger partial charge in [0, 0.05) is 11.1 Å². The second-order valence-electron chi connectivity index (χ2n) is 11.4. The van der Waals surface area contributed by atoms with Crippen molar-refractivity contribution in [3.63, 3.8) is 0 Å². The Hall–Kier alpha value is -4.31. The third-order valence-electron chi connectivity index (χ3n) is 7.60. The van der Waals surface area contributed by atoms with Gasteiger partial charge in [-0.15, -0.1) is 0 Å². The number of hydrogen-bond donors (Lipinski definition) is 0. The van der Waals surface area contributed by atoms with Gasteiger partial charge in [0.25, 0.3) is 0 Å². The Balaban J connectivity index is 0.000000461. The van der Waals surface area contributed by atoms with Crippen LogP contribution in [0, 0.1) is 13.8 Å². The molecule has 0 fully saturated rings. The SMILES string of the molecule is C.CCCCOC(=O)C(c1ccc(C)c(OC)c1)n1cc[n+](C)c1.CCCCOC(=O)C(c1ccc(C)c(OC)c1)n1cc[n+](C)c1.[Cl-]. The first-order valence-electron chi connectivity index (χ1n) is 15.8. The number of carbonyl (C=O) groups excluding carboxylic acids is 2. The number of aromatic nitrogens is 4. The summed E-state index contributed by atoms with van der Waals surface area (Å²) in [5, 5.41) is 0. The lowest BCUT2D eigenvalue weighted by molar-refractivity contribution is -0.671. The lowest BCUT2D eigenvalue weighted by atomic mass is 10.0. The summed E-state index contributed by atoms with van der Waals surface area (Å²) in [6.07, 6.45) is 15.0. The van der Waals surface area contributed by atoms with Crippen LogP contribution in [0.15, 0.2) is 73.8 Å². The van der Waals surface area contributed by atoms with E-state index in [4.69, 9.17) is 18.9 Å². The van der Waals surface area contributed by atoms with Crippen LogP contribution < -0.4 is 31.0 Å². The molecule has 2 aromatic heterocycles. The number of carbonyl (C=O) groups is 2. The fourth-order valence-electron chi connectivity index (χ4n) is 4.91. The molecule has 4 rings (SSSR count). The van der Waals surface area contributed by atoms with E-state index in [1.54, 1.807) is 14.2 Å². The Morgan fingerprint density at radius 3 is 1.38 bits per heavy atom. The summed E-state index contributed by atoms with van der Waals surface area (Å²) in [6.45, 7) is 8.99. The number of imidazole rings is 2. The molecule has 2 aromatic carbocycles. The first-order chi connectivity index (χ1) is 22.1. The van der Waals surface area contributed by atoms with Crippen molar-refractivity contribution in [1.82, 2.24) is 9.13 Å². The quantitative estimate of drug-likeness (QED) is 0.115. The second kappa shape index (κ2) is 20.8. The molecule has 2 heterocycles. The molecule has 0 amide bonds. The van der Waals surface area contributed by atoms with Crippen LogP contribution in [0.2, 0.25) is 0 Å². The zero-order chi connectivity index (χ0) is 33.6. The van der Waals surface area contributed by atoms with E-state index in [0.29, 0.717) is 13.2 Å². The van der Waals surface area contributed by atoms with Crippen LogP contribution in [0.3, 0.4) is 0 Å². The van der Waals surface area contributed by atoms with Gasteiger partial charge in [-0.05, 0) is 49.9 Å². The van der Waals surface area contributed by atoms with Gasteiger partial charge in [0.15, 0.2) is 0 Å². The van der Waals surface area contributed by atoms with E-state index in [0.717, 1.165) is 59.4 Å². The third-order valence-corrected chi connectivity index (χ3v) is 7.60. The molecule has 0 saturated carbocycles. The number of rotatable bonds is 14. The highest BCUT2D eigenvalue weighted by atomic mass is 35.5. The van der Waals surface area contributed by atoms with Gasteiger partial charge in [-0.25, -0.2) is 27.9 Å². The lowest BCUT2D eigenvalue weighted by Crippen LogP contribution is -3.00. The minimum Gasteiger partial charge on any atom is -1.00 e. The fraction of sp³-hybridized carbons (Fsp3) is 0.459. The molecule has 264 valence electrons. The molecule has 4 aromatic rings. The van der Waals surface area contributed by atoms with E-state index < -0.39 is 12.1 Å². The van der Waals surface area contributed by atoms with Gasteiger partial charge in [-0.2, -0.15) is 0 Å². The highest BCUT2D eigenvalue weighted by Crippen LogP contribution is 2.28. The Labute approximate surface area is 292 Å². The zero-order valence-corrected chi connectivity index (χ0v) is 29.7. The van der Waals surface area contributed by atoms with Gasteiger partial charge >= 0.3 is 11.9 Å². The average Bonchev–Trinajstić information content (AvgIpc) is 3.67. The minimum absolute atomic E-state index is 0. The van der Waals surface area contributed by atoms with Crippen molar-refractivity contribution >= 4 is 11.9 Å². The summed E-state index contributed by atoms with van der Waals surface area (Å²) in [5.41, 5.74) is 3.77. The topological polar surface area (TPSA) is 88.7 Å². The van der Waals surface area contributed by atoms with Crippen LogP contribution >= 0.6 is 0 Å². The molecular formula is C37H54ClN4O6+. The molecule has 0 aliphatic heterocycles. The Morgan fingerprint density at radius 2 is 1.08 bits per heavy atom.